The molecule has 3 rings (SSSR count). The van der Waals surface area contributed by atoms with E-state index in [0.717, 1.165) is 30.8 Å². The van der Waals surface area contributed by atoms with Crippen molar-refractivity contribution in [3.05, 3.63) is 17.5 Å². The van der Waals surface area contributed by atoms with Gasteiger partial charge in [0, 0.05) is 18.8 Å². The first-order valence-corrected chi connectivity index (χ1v) is 8.86. The normalized spacial score (nSPS) is 22.5. The second-order valence-corrected chi connectivity index (χ2v) is 7.03. The molecule has 1 aromatic heterocycles. The lowest BCUT2D eigenvalue weighted by Crippen LogP contribution is -2.46. The first kappa shape index (κ1) is 15.4. The molecular weight excluding hydrogens is 300 g/mol. The minimum atomic E-state index is 0.0575. The topological polar surface area (TPSA) is 58.4 Å². The van der Waals surface area contributed by atoms with Crippen molar-refractivity contribution in [2.75, 3.05) is 31.3 Å². The van der Waals surface area contributed by atoms with Gasteiger partial charge >= 0.3 is 0 Å². The van der Waals surface area contributed by atoms with Crippen LogP contribution in [0.1, 0.15) is 30.3 Å². The summed E-state index contributed by atoms with van der Waals surface area (Å²) < 4.78 is 2.05. The fourth-order valence-corrected chi connectivity index (χ4v) is 4.10. The van der Waals surface area contributed by atoms with E-state index >= 15 is 0 Å². The number of carbonyl (C=O) groups excluding carboxylic acids is 2. The van der Waals surface area contributed by atoms with E-state index in [1.54, 1.807) is 16.7 Å². The molecule has 120 valence electrons. The smallest absolute Gasteiger partial charge is 0.242 e. The predicted molar refractivity (Wildman–Crippen MR) is 85.6 cm³/mol. The Morgan fingerprint density at radius 2 is 2.27 bits per heavy atom. The molecule has 0 aromatic carbocycles. The summed E-state index contributed by atoms with van der Waals surface area (Å²) in [7, 11) is 0. The number of nitrogens with zero attached hydrogens (tertiary/aromatic N) is 4. The third-order valence-corrected chi connectivity index (χ3v) is 5.24. The van der Waals surface area contributed by atoms with E-state index in [4.69, 9.17) is 0 Å². The molecule has 6 nitrogen and oxygen atoms in total. The molecule has 3 heterocycles. The maximum atomic E-state index is 12.5. The number of aromatic nitrogens is 2. The van der Waals surface area contributed by atoms with E-state index < -0.39 is 0 Å². The van der Waals surface area contributed by atoms with Gasteiger partial charge < -0.3 is 9.80 Å². The summed E-state index contributed by atoms with van der Waals surface area (Å²) in [6.07, 6.45) is 2.03. The number of piperidine rings is 1. The standard InChI is InChI=1S/C15H22N4O2S/c1-11-6-12(2)19(16-11)13-4-3-5-17(7-13)14(20)8-18-10-22-9-15(18)21/h6,13H,3-5,7-10H2,1-2H3/t13-/m1/s1. The molecule has 7 heteroatoms. The van der Waals surface area contributed by atoms with Crippen LogP contribution in [0.2, 0.25) is 0 Å². The number of amides is 2. The highest BCUT2D eigenvalue weighted by atomic mass is 32.2. The molecule has 0 radical (unpaired) electrons. The van der Waals surface area contributed by atoms with Gasteiger partial charge in [0.15, 0.2) is 0 Å². The fourth-order valence-electron chi connectivity index (χ4n) is 3.20. The first-order valence-electron chi connectivity index (χ1n) is 7.70. The highest BCUT2D eigenvalue weighted by Gasteiger charge is 2.29. The highest BCUT2D eigenvalue weighted by molar-refractivity contribution is 8.00. The summed E-state index contributed by atoms with van der Waals surface area (Å²) in [4.78, 5) is 27.6. The van der Waals surface area contributed by atoms with E-state index in [-0.39, 0.29) is 24.4 Å². The van der Waals surface area contributed by atoms with Crippen LogP contribution >= 0.6 is 11.8 Å². The largest absolute Gasteiger partial charge is 0.339 e. The molecule has 22 heavy (non-hydrogen) atoms. The third-order valence-electron chi connectivity index (χ3n) is 4.29. The fraction of sp³-hybridized carbons (Fsp3) is 0.667. The van der Waals surface area contributed by atoms with Gasteiger partial charge in [0.2, 0.25) is 11.8 Å². The molecule has 2 aliphatic rings. The number of likely N-dealkylation sites (tertiary alicyclic amines) is 1. The second kappa shape index (κ2) is 6.32. The summed E-state index contributed by atoms with van der Waals surface area (Å²) in [5.41, 5.74) is 2.16. The van der Waals surface area contributed by atoms with Crippen molar-refractivity contribution in [2.45, 2.75) is 32.7 Å². The molecule has 0 saturated carbocycles. The van der Waals surface area contributed by atoms with Crippen molar-refractivity contribution >= 4 is 23.6 Å². The Hall–Kier alpha value is -1.50. The highest BCUT2D eigenvalue weighted by Crippen LogP contribution is 2.23. The van der Waals surface area contributed by atoms with Crippen molar-refractivity contribution < 1.29 is 9.59 Å². The number of hydrogen-bond acceptors (Lipinski definition) is 4. The van der Waals surface area contributed by atoms with Crippen molar-refractivity contribution in [1.29, 1.82) is 0 Å². The summed E-state index contributed by atoms with van der Waals surface area (Å²) in [5.74, 6) is 1.27. The molecule has 0 N–H and O–H groups in total. The molecule has 0 aliphatic carbocycles. The molecule has 0 bridgehead atoms. The SMILES string of the molecule is Cc1cc(C)n([C@@H]2CCCN(C(=O)CN3CSCC3=O)C2)n1. The van der Waals surface area contributed by atoms with Gasteiger partial charge in [-0.05, 0) is 32.8 Å². The number of thioether (sulfide) groups is 1. The quantitative estimate of drug-likeness (QED) is 0.839. The molecule has 2 aliphatic heterocycles. The Morgan fingerprint density at radius 1 is 1.45 bits per heavy atom. The van der Waals surface area contributed by atoms with Gasteiger partial charge in [-0.15, -0.1) is 11.8 Å². The summed E-state index contributed by atoms with van der Waals surface area (Å²) >= 11 is 1.57. The van der Waals surface area contributed by atoms with E-state index in [9.17, 15) is 9.59 Å². The Morgan fingerprint density at radius 3 is 2.91 bits per heavy atom. The zero-order valence-corrected chi connectivity index (χ0v) is 13.9. The zero-order chi connectivity index (χ0) is 15.7. The van der Waals surface area contributed by atoms with Crippen LogP contribution in [0.25, 0.3) is 0 Å². The van der Waals surface area contributed by atoms with Gasteiger partial charge in [-0.25, -0.2) is 0 Å². The summed E-state index contributed by atoms with van der Waals surface area (Å²) in [6, 6.07) is 2.32. The van der Waals surface area contributed by atoms with Gasteiger partial charge in [-0.2, -0.15) is 5.10 Å². The average molecular weight is 322 g/mol. The monoisotopic (exact) mass is 322 g/mol. The Labute approximate surface area is 134 Å². The van der Waals surface area contributed by atoms with Crippen LogP contribution in [0.4, 0.5) is 0 Å². The Kier molecular flexibility index (Phi) is 4.42. The zero-order valence-electron chi connectivity index (χ0n) is 13.1. The summed E-state index contributed by atoms with van der Waals surface area (Å²) in [5, 5.41) is 4.55. The lowest BCUT2D eigenvalue weighted by atomic mass is 10.1. The molecule has 0 spiro atoms. The molecule has 0 unspecified atom stereocenters. The van der Waals surface area contributed by atoms with Crippen molar-refractivity contribution in [3.63, 3.8) is 0 Å². The molecule has 1 atom stereocenters. The predicted octanol–water partition coefficient (Wildman–Crippen LogP) is 1.20. The maximum absolute atomic E-state index is 12.5. The number of hydrogen-bond donors (Lipinski definition) is 0. The minimum absolute atomic E-state index is 0.0575. The lowest BCUT2D eigenvalue weighted by Gasteiger charge is -2.34. The van der Waals surface area contributed by atoms with Crippen LogP contribution in [-0.4, -0.2) is 62.7 Å². The van der Waals surface area contributed by atoms with E-state index in [2.05, 4.69) is 18.1 Å². The summed E-state index contributed by atoms with van der Waals surface area (Å²) in [6.45, 7) is 5.74. The minimum Gasteiger partial charge on any atom is -0.339 e. The number of carbonyl (C=O) groups is 2. The van der Waals surface area contributed by atoms with Crippen LogP contribution < -0.4 is 0 Å². The van der Waals surface area contributed by atoms with Crippen LogP contribution in [0, 0.1) is 13.8 Å². The number of aryl methyl sites for hydroxylation is 2. The lowest BCUT2D eigenvalue weighted by molar-refractivity contribution is -0.139. The van der Waals surface area contributed by atoms with E-state index in [1.165, 1.54) is 0 Å². The first-order chi connectivity index (χ1) is 10.5. The molecule has 1 aromatic rings. The van der Waals surface area contributed by atoms with Crippen LogP contribution in [0.5, 0.6) is 0 Å². The molecular formula is C15H22N4O2S. The van der Waals surface area contributed by atoms with Gasteiger partial charge in [0.25, 0.3) is 0 Å². The van der Waals surface area contributed by atoms with Gasteiger partial charge in [0.1, 0.15) is 6.54 Å². The number of rotatable bonds is 3. The second-order valence-electron chi connectivity index (χ2n) is 6.08. The average Bonchev–Trinajstić information content (AvgIpc) is 3.05. The maximum Gasteiger partial charge on any atom is 0.242 e. The molecule has 2 fully saturated rings. The Balaban J connectivity index is 1.64. The van der Waals surface area contributed by atoms with Crippen LogP contribution in [0.3, 0.4) is 0 Å². The van der Waals surface area contributed by atoms with E-state index in [0.29, 0.717) is 18.2 Å². The van der Waals surface area contributed by atoms with Crippen molar-refractivity contribution in [3.8, 4) is 0 Å². The third kappa shape index (κ3) is 3.14. The Bertz CT molecular complexity index is 586. The van der Waals surface area contributed by atoms with Gasteiger partial charge in [-0.1, -0.05) is 0 Å². The van der Waals surface area contributed by atoms with Crippen molar-refractivity contribution in [2.24, 2.45) is 0 Å². The van der Waals surface area contributed by atoms with Crippen molar-refractivity contribution in [1.82, 2.24) is 19.6 Å². The van der Waals surface area contributed by atoms with Crippen LogP contribution in [-0.2, 0) is 9.59 Å². The molecule has 2 saturated heterocycles. The van der Waals surface area contributed by atoms with Gasteiger partial charge in [0.05, 0.1) is 23.4 Å². The van der Waals surface area contributed by atoms with Crippen LogP contribution in [0.15, 0.2) is 6.07 Å². The molecule has 2 amide bonds. The van der Waals surface area contributed by atoms with Gasteiger partial charge in [-0.3, -0.25) is 14.3 Å². The van der Waals surface area contributed by atoms with E-state index in [1.807, 2.05) is 16.5 Å².